The van der Waals surface area contributed by atoms with Crippen LogP contribution in [0.2, 0.25) is 0 Å². The smallest absolute Gasteiger partial charge is 0.172 e. The maximum Gasteiger partial charge on any atom is 0.172 e. The van der Waals surface area contributed by atoms with Gasteiger partial charge < -0.3 is 0 Å². The number of aromatic nitrogens is 3. The van der Waals surface area contributed by atoms with Crippen molar-refractivity contribution >= 4 is 6.29 Å². The van der Waals surface area contributed by atoms with E-state index in [4.69, 9.17) is 0 Å². The van der Waals surface area contributed by atoms with Crippen LogP contribution in [0.15, 0.2) is 48.5 Å². The van der Waals surface area contributed by atoms with Gasteiger partial charge in [0.2, 0.25) is 0 Å². The Morgan fingerprint density at radius 3 is 2.73 bits per heavy atom. The minimum atomic E-state index is -0.300. The Morgan fingerprint density at radius 1 is 1.18 bits per heavy atom. The Bertz CT molecular complexity index is 826. The fraction of sp³-hybridized carbons (Fsp3) is 0.118. The van der Waals surface area contributed by atoms with Crippen LogP contribution in [0.3, 0.4) is 0 Å². The molecule has 3 rings (SSSR count). The first kappa shape index (κ1) is 14.1. The van der Waals surface area contributed by atoms with Gasteiger partial charge in [-0.1, -0.05) is 41.6 Å². The van der Waals surface area contributed by atoms with E-state index in [-0.39, 0.29) is 11.5 Å². The second-order valence-corrected chi connectivity index (χ2v) is 5.04. The van der Waals surface area contributed by atoms with Crippen molar-refractivity contribution in [2.75, 3.05) is 0 Å². The summed E-state index contributed by atoms with van der Waals surface area (Å²) < 4.78 is 15.0. The molecule has 0 saturated carbocycles. The molecule has 1 aromatic heterocycles. The molecule has 0 atom stereocenters. The van der Waals surface area contributed by atoms with E-state index in [0.29, 0.717) is 18.5 Å². The van der Waals surface area contributed by atoms with Gasteiger partial charge in [-0.15, -0.1) is 5.10 Å². The number of carbonyl (C=O) groups is 1. The first-order valence-corrected chi connectivity index (χ1v) is 6.88. The number of nitrogens with zero attached hydrogens (tertiary/aromatic N) is 3. The number of carbonyl (C=O) groups excluding carboxylic acids is 1. The molecule has 0 aliphatic carbocycles. The van der Waals surface area contributed by atoms with E-state index in [9.17, 15) is 9.18 Å². The Morgan fingerprint density at radius 2 is 2.00 bits per heavy atom. The zero-order chi connectivity index (χ0) is 15.5. The van der Waals surface area contributed by atoms with Crippen LogP contribution in [0.5, 0.6) is 0 Å². The first-order chi connectivity index (χ1) is 10.7. The molecule has 0 aliphatic heterocycles. The number of aryl methyl sites for hydroxylation is 1. The second-order valence-electron chi connectivity index (χ2n) is 5.04. The third-order valence-corrected chi connectivity index (χ3v) is 3.49. The fourth-order valence-electron chi connectivity index (χ4n) is 2.44. The van der Waals surface area contributed by atoms with E-state index in [0.717, 1.165) is 16.7 Å². The summed E-state index contributed by atoms with van der Waals surface area (Å²) >= 11 is 0. The summed E-state index contributed by atoms with van der Waals surface area (Å²) in [5, 5.41) is 7.96. The van der Waals surface area contributed by atoms with E-state index < -0.39 is 0 Å². The number of hydrogen-bond acceptors (Lipinski definition) is 3. The molecule has 5 heteroatoms. The highest BCUT2D eigenvalue weighted by molar-refractivity contribution is 5.84. The van der Waals surface area contributed by atoms with Crippen LogP contribution in [0.25, 0.3) is 11.3 Å². The summed E-state index contributed by atoms with van der Waals surface area (Å²) in [4.78, 5) is 11.3. The van der Waals surface area contributed by atoms with Crippen molar-refractivity contribution in [3.8, 4) is 11.3 Å². The summed E-state index contributed by atoms with van der Waals surface area (Å²) in [7, 11) is 0. The maximum absolute atomic E-state index is 13.3. The van der Waals surface area contributed by atoms with Crippen molar-refractivity contribution < 1.29 is 9.18 Å². The van der Waals surface area contributed by atoms with Gasteiger partial charge in [0.05, 0.1) is 12.2 Å². The highest BCUT2D eigenvalue weighted by atomic mass is 19.1. The van der Waals surface area contributed by atoms with Gasteiger partial charge in [-0.3, -0.25) is 4.79 Å². The molecular weight excluding hydrogens is 281 g/mol. The number of benzene rings is 2. The fourth-order valence-corrected chi connectivity index (χ4v) is 2.44. The summed E-state index contributed by atoms with van der Waals surface area (Å²) in [5.74, 6) is -0.300. The van der Waals surface area contributed by atoms with Crippen molar-refractivity contribution in [1.29, 1.82) is 0 Å². The lowest BCUT2D eigenvalue weighted by atomic mass is 10.0. The summed E-state index contributed by atoms with van der Waals surface area (Å²) in [6.45, 7) is 2.31. The van der Waals surface area contributed by atoms with Crippen LogP contribution in [0.1, 0.15) is 21.6 Å². The monoisotopic (exact) mass is 295 g/mol. The minimum absolute atomic E-state index is 0.283. The lowest BCUT2D eigenvalue weighted by molar-refractivity contribution is 0.111. The van der Waals surface area contributed by atoms with Gasteiger partial charge in [-0.05, 0) is 30.2 Å². The van der Waals surface area contributed by atoms with Crippen LogP contribution in [0.4, 0.5) is 4.39 Å². The highest BCUT2D eigenvalue weighted by Crippen LogP contribution is 2.25. The standard InChI is InChI=1S/C17H14FN3O/c1-12-5-2-3-8-15(12)17-16(11-22)19-20-21(17)10-13-6-4-7-14(18)9-13/h2-9,11H,10H2,1H3. The van der Waals surface area contributed by atoms with Crippen molar-refractivity contribution in [3.05, 3.63) is 71.2 Å². The lowest BCUT2D eigenvalue weighted by Gasteiger charge is -2.09. The van der Waals surface area contributed by atoms with Gasteiger partial charge in [0.1, 0.15) is 5.82 Å². The second kappa shape index (κ2) is 5.89. The van der Waals surface area contributed by atoms with Gasteiger partial charge in [-0.2, -0.15) is 0 Å². The van der Waals surface area contributed by atoms with Crippen molar-refractivity contribution in [1.82, 2.24) is 15.0 Å². The Labute approximate surface area is 127 Å². The van der Waals surface area contributed by atoms with Crippen LogP contribution >= 0.6 is 0 Å². The van der Waals surface area contributed by atoms with Crippen LogP contribution < -0.4 is 0 Å². The molecule has 1 heterocycles. The van der Waals surface area contributed by atoms with Gasteiger partial charge in [0, 0.05) is 5.56 Å². The normalized spacial score (nSPS) is 10.6. The maximum atomic E-state index is 13.3. The summed E-state index contributed by atoms with van der Waals surface area (Å²) in [6, 6.07) is 14.0. The number of halogens is 1. The number of hydrogen-bond donors (Lipinski definition) is 0. The SMILES string of the molecule is Cc1ccccc1-c1c(C=O)nnn1Cc1cccc(F)c1. The molecule has 22 heavy (non-hydrogen) atoms. The molecule has 0 saturated heterocycles. The minimum Gasteiger partial charge on any atom is -0.296 e. The highest BCUT2D eigenvalue weighted by Gasteiger charge is 2.16. The predicted octanol–water partition coefficient (Wildman–Crippen LogP) is 3.25. The zero-order valence-corrected chi connectivity index (χ0v) is 12.0. The van der Waals surface area contributed by atoms with Crippen molar-refractivity contribution in [3.63, 3.8) is 0 Å². The molecular formula is C17H14FN3O. The average Bonchev–Trinajstić information content (AvgIpc) is 2.90. The van der Waals surface area contributed by atoms with Crippen molar-refractivity contribution in [2.45, 2.75) is 13.5 Å². The zero-order valence-electron chi connectivity index (χ0n) is 12.0. The van der Waals surface area contributed by atoms with Gasteiger partial charge in [-0.25, -0.2) is 9.07 Å². The van der Waals surface area contributed by atoms with E-state index in [1.54, 1.807) is 10.7 Å². The topological polar surface area (TPSA) is 47.8 Å². The molecule has 0 amide bonds. The quantitative estimate of drug-likeness (QED) is 0.694. The summed E-state index contributed by atoms with van der Waals surface area (Å²) in [5.41, 5.74) is 3.61. The third-order valence-electron chi connectivity index (χ3n) is 3.49. The third kappa shape index (κ3) is 2.65. The van der Waals surface area contributed by atoms with E-state index in [1.807, 2.05) is 37.3 Å². The molecule has 3 aromatic rings. The molecule has 0 unspecified atom stereocenters. The van der Waals surface area contributed by atoms with E-state index in [1.165, 1.54) is 12.1 Å². The van der Waals surface area contributed by atoms with Crippen molar-refractivity contribution in [2.24, 2.45) is 0 Å². The van der Waals surface area contributed by atoms with Crippen LogP contribution in [-0.2, 0) is 6.54 Å². The molecule has 0 N–H and O–H groups in total. The Balaban J connectivity index is 2.08. The van der Waals surface area contributed by atoms with Gasteiger partial charge >= 0.3 is 0 Å². The lowest BCUT2D eigenvalue weighted by Crippen LogP contribution is -2.05. The molecule has 110 valence electrons. The average molecular weight is 295 g/mol. The van der Waals surface area contributed by atoms with E-state index >= 15 is 0 Å². The van der Waals surface area contributed by atoms with Gasteiger partial charge in [0.25, 0.3) is 0 Å². The number of rotatable bonds is 4. The van der Waals surface area contributed by atoms with E-state index in [2.05, 4.69) is 10.3 Å². The molecule has 0 radical (unpaired) electrons. The van der Waals surface area contributed by atoms with Gasteiger partial charge in [0.15, 0.2) is 12.0 Å². The first-order valence-electron chi connectivity index (χ1n) is 6.88. The number of aldehydes is 1. The Kier molecular flexibility index (Phi) is 3.78. The molecule has 0 spiro atoms. The van der Waals surface area contributed by atoms with Crippen LogP contribution in [0, 0.1) is 12.7 Å². The summed E-state index contributed by atoms with van der Waals surface area (Å²) in [6.07, 6.45) is 0.691. The largest absolute Gasteiger partial charge is 0.296 e. The molecule has 0 bridgehead atoms. The van der Waals surface area contributed by atoms with Crippen LogP contribution in [-0.4, -0.2) is 21.3 Å². The molecule has 0 fully saturated rings. The molecule has 4 nitrogen and oxygen atoms in total. The Hall–Kier alpha value is -2.82. The predicted molar refractivity (Wildman–Crippen MR) is 81.1 cm³/mol. The molecule has 2 aromatic carbocycles. The molecule has 0 aliphatic rings.